The summed E-state index contributed by atoms with van der Waals surface area (Å²) >= 11 is 0. The lowest BCUT2D eigenvalue weighted by Crippen LogP contribution is -2.33. The third-order valence-corrected chi connectivity index (χ3v) is 2.79. The summed E-state index contributed by atoms with van der Waals surface area (Å²) in [4.78, 5) is 24.9. The Bertz CT molecular complexity index is 584. The number of carbonyl (C=O) groups is 2. The van der Waals surface area contributed by atoms with E-state index in [1.807, 2.05) is 6.92 Å². The van der Waals surface area contributed by atoms with Crippen LogP contribution in [0, 0.1) is 18.8 Å². The summed E-state index contributed by atoms with van der Waals surface area (Å²) in [6.45, 7) is 3.55. The average Bonchev–Trinajstić information content (AvgIpc) is 2.45. The first-order chi connectivity index (χ1) is 9.99. The molecule has 21 heavy (non-hydrogen) atoms. The molecule has 112 valence electrons. The average molecular weight is 289 g/mol. The molecule has 0 atom stereocenters. The highest BCUT2D eigenvalue weighted by atomic mass is 16.5. The van der Waals surface area contributed by atoms with Crippen molar-refractivity contribution in [3.63, 3.8) is 0 Å². The summed E-state index contributed by atoms with van der Waals surface area (Å²) in [7, 11) is 1.55. The maximum atomic E-state index is 12.2. The van der Waals surface area contributed by atoms with Crippen LogP contribution in [-0.4, -0.2) is 48.7 Å². The van der Waals surface area contributed by atoms with Crippen LogP contribution in [0.4, 0.5) is 0 Å². The zero-order valence-electron chi connectivity index (χ0n) is 12.5. The van der Waals surface area contributed by atoms with Crippen molar-refractivity contribution in [3.05, 3.63) is 34.9 Å². The highest BCUT2D eigenvalue weighted by Gasteiger charge is 2.16. The van der Waals surface area contributed by atoms with E-state index in [4.69, 9.17) is 9.84 Å². The van der Waals surface area contributed by atoms with Gasteiger partial charge in [-0.3, -0.25) is 9.59 Å². The smallest absolute Gasteiger partial charge is 0.325 e. The van der Waals surface area contributed by atoms with Crippen LogP contribution in [0.5, 0.6) is 0 Å². The Morgan fingerprint density at radius 1 is 1.38 bits per heavy atom. The normalized spacial score (nSPS) is 9.52. The predicted octanol–water partition coefficient (Wildman–Crippen LogP) is 0.974. The Balaban J connectivity index is 2.83. The van der Waals surface area contributed by atoms with E-state index in [-0.39, 0.29) is 25.7 Å². The fourth-order valence-corrected chi connectivity index (χ4v) is 1.76. The van der Waals surface area contributed by atoms with E-state index in [0.717, 1.165) is 11.1 Å². The number of hydrogen-bond acceptors (Lipinski definition) is 4. The van der Waals surface area contributed by atoms with Gasteiger partial charge < -0.3 is 14.7 Å². The molecule has 1 rings (SSSR count). The molecule has 0 saturated carbocycles. The second kappa shape index (κ2) is 8.08. The molecule has 1 aromatic rings. The molecule has 5 heteroatoms. The fourth-order valence-electron chi connectivity index (χ4n) is 1.76. The molecular weight excluding hydrogens is 270 g/mol. The van der Waals surface area contributed by atoms with E-state index in [2.05, 4.69) is 11.8 Å². The number of hydrogen-bond donors (Lipinski definition) is 1. The Labute approximate surface area is 124 Å². The van der Waals surface area contributed by atoms with Crippen molar-refractivity contribution in [3.8, 4) is 11.8 Å². The predicted molar refractivity (Wildman–Crippen MR) is 78.7 cm³/mol. The number of benzene rings is 1. The van der Waals surface area contributed by atoms with E-state index in [0.29, 0.717) is 5.56 Å². The van der Waals surface area contributed by atoms with E-state index in [1.54, 1.807) is 32.2 Å². The molecule has 0 bridgehead atoms. The molecule has 0 aromatic heterocycles. The van der Waals surface area contributed by atoms with Gasteiger partial charge in [0.15, 0.2) is 0 Å². The van der Waals surface area contributed by atoms with Gasteiger partial charge in [-0.2, -0.15) is 0 Å². The number of amides is 1. The van der Waals surface area contributed by atoms with Crippen LogP contribution < -0.4 is 0 Å². The minimum Gasteiger partial charge on any atom is -0.465 e. The molecule has 0 aliphatic heterocycles. The van der Waals surface area contributed by atoms with Gasteiger partial charge in [-0.25, -0.2) is 0 Å². The van der Waals surface area contributed by atoms with Crippen molar-refractivity contribution in [1.29, 1.82) is 0 Å². The Hall–Kier alpha value is -2.32. The monoisotopic (exact) mass is 289 g/mol. The number of ether oxygens (including phenoxy) is 1. The van der Waals surface area contributed by atoms with Gasteiger partial charge >= 0.3 is 5.97 Å². The highest BCUT2D eigenvalue weighted by molar-refractivity contribution is 5.96. The number of aryl methyl sites for hydroxylation is 1. The molecule has 0 saturated heterocycles. The Morgan fingerprint density at radius 2 is 2.10 bits per heavy atom. The molecule has 5 nitrogen and oxygen atoms in total. The van der Waals surface area contributed by atoms with Gasteiger partial charge in [0, 0.05) is 18.2 Å². The van der Waals surface area contributed by atoms with Crippen LogP contribution in [0.2, 0.25) is 0 Å². The minimum atomic E-state index is -0.435. The second-order valence-electron chi connectivity index (χ2n) is 4.46. The van der Waals surface area contributed by atoms with Gasteiger partial charge in [-0.15, -0.1) is 0 Å². The molecule has 1 amide bonds. The molecule has 0 aliphatic carbocycles. The molecule has 0 spiro atoms. The first kappa shape index (κ1) is 16.7. The van der Waals surface area contributed by atoms with Crippen molar-refractivity contribution >= 4 is 11.9 Å². The quantitative estimate of drug-likeness (QED) is 0.662. The zero-order valence-corrected chi connectivity index (χ0v) is 12.5. The lowest BCUT2D eigenvalue weighted by molar-refractivity contribution is -0.143. The lowest BCUT2D eigenvalue weighted by Gasteiger charge is -2.16. The highest BCUT2D eigenvalue weighted by Crippen LogP contribution is 2.12. The van der Waals surface area contributed by atoms with Gasteiger partial charge in [0.05, 0.1) is 6.61 Å². The maximum Gasteiger partial charge on any atom is 0.325 e. The maximum absolute atomic E-state index is 12.2. The molecule has 0 heterocycles. The Morgan fingerprint density at radius 3 is 2.67 bits per heavy atom. The summed E-state index contributed by atoms with van der Waals surface area (Å²) in [6.07, 6.45) is 0. The van der Waals surface area contributed by atoms with Crippen molar-refractivity contribution < 1.29 is 19.4 Å². The summed E-state index contributed by atoms with van der Waals surface area (Å²) in [5, 5.41) is 8.68. The third-order valence-electron chi connectivity index (χ3n) is 2.79. The van der Waals surface area contributed by atoms with Gasteiger partial charge in [0.2, 0.25) is 0 Å². The second-order valence-corrected chi connectivity index (χ2v) is 4.46. The van der Waals surface area contributed by atoms with E-state index in [9.17, 15) is 9.59 Å². The number of esters is 1. The molecule has 1 N–H and O–H groups in total. The van der Waals surface area contributed by atoms with Gasteiger partial charge in [-0.1, -0.05) is 11.8 Å². The summed E-state index contributed by atoms with van der Waals surface area (Å²) < 4.78 is 4.81. The summed E-state index contributed by atoms with van der Waals surface area (Å²) in [5.74, 6) is 4.68. The van der Waals surface area contributed by atoms with Crippen molar-refractivity contribution in [1.82, 2.24) is 4.90 Å². The van der Waals surface area contributed by atoms with Gasteiger partial charge in [-0.05, 0) is 37.6 Å². The largest absolute Gasteiger partial charge is 0.465 e. The molecule has 1 aromatic carbocycles. The number of aliphatic hydroxyl groups is 1. The fraction of sp³-hybridized carbons (Fsp3) is 0.375. The van der Waals surface area contributed by atoms with Gasteiger partial charge in [0.1, 0.15) is 13.2 Å². The van der Waals surface area contributed by atoms with E-state index >= 15 is 0 Å². The third kappa shape index (κ3) is 4.93. The molecule has 0 fully saturated rings. The number of aliphatic hydroxyl groups excluding tert-OH is 1. The standard InChI is InChI=1S/C16H19NO4/c1-4-21-15(19)11-17(3)16(20)14-8-7-13(6-5-9-18)12(2)10-14/h7-8,10,18H,4,9,11H2,1-3H3. The SMILES string of the molecule is CCOC(=O)CN(C)C(=O)c1ccc(C#CCO)c(C)c1. The van der Waals surface area contributed by atoms with Crippen LogP contribution in [0.25, 0.3) is 0 Å². The first-order valence-electron chi connectivity index (χ1n) is 6.61. The number of carbonyl (C=O) groups excluding carboxylic acids is 2. The first-order valence-corrected chi connectivity index (χ1v) is 6.61. The molecule has 0 unspecified atom stereocenters. The van der Waals surface area contributed by atoms with Crippen LogP contribution in [0.15, 0.2) is 18.2 Å². The van der Waals surface area contributed by atoms with Crippen molar-refractivity contribution in [2.75, 3.05) is 26.8 Å². The molecule has 0 radical (unpaired) electrons. The summed E-state index contributed by atoms with van der Waals surface area (Å²) in [6, 6.07) is 5.09. The van der Waals surface area contributed by atoms with Crippen LogP contribution in [-0.2, 0) is 9.53 Å². The van der Waals surface area contributed by atoms with E-state index < -0.39 is 5.97 Å². The number of nitrogens with zero attached hydrogens (tertiary/aromatic N) is 1. The number of rotatable bonds is 4. The zero-order chi connectivity index (χ0) is 15.8. The Kier molecular flexibility index (Phi) is 6.44. The van der Waals surface area contributed by atoms with Crippen LogP contribution in [0.1, 0.15) is 28.4 Å². The minimum absolute atomic E-state index is 0.0855. The van der Waals surface area contributed by atoms with Crippen molar-refractivity contribution in [2.24, 2.45) is 0 Å². The van der Waals surface area contributed by atoms with E-state index in [1.165, 1.54) is 4.90 Å². The van der Waals surface area contributed by atoms with Crippen molar-refractivity contribution in [2.45, 2.75) is 13.8 Å². The van der Waals surface area contributed by atoms with Gasteiger partial charge in [0.25, 0.3) is 5.91 Å². The summed E-state index contributed by atoms with van der Waals surface area (Å²) in [5.41, 5.74) is 2.08. The van der Waals surface area contributed by atoms with Crippen LogP contribution >= 0.6 is 0 Å². The molecule has 0 aliphatic rings. The number of likely N-dealkylation sites (N-methyl/N-ethyl adjacent to an activating group) is 1. The van der Waals surface area contributed by atoms with Crippen LogP contribution in [0.3, 0.4) is 0 Å². The molecular formula is C16H19NO4. The topological polar surface area (TPSA) is 66.8 Å². The lowest BCUT2D eigenvalue weighted by atomic mass is 10.0.